The van der Waals surface area contributed by atoms with E-state index in [9.17, 15) is 0 Å². The number of methoxy groups -OCH3 is 1. The number of rotatable bonds is 10. The fourth-order valence-electron chi connectivity index (χ4n) is 2.73. The summed E-state index contributed by atoms with van der Waals surface area (Å²) in [5.41, 5.74) is 2.14. The maximum atomic E-state index is 5.85. The highest BCUT2D eigenvalue weighted by Gasteiger charge is 2.09. The number of aromatic amines is 1. The summed E-state index contributed by atoms with van der Waals surface area (Å²) in [6, 6.07) is 9.74. The van der Waals surface area contributed by atoms with Crippen molar-refractivity contribution in [2.24, 2.45) is 4.99 Å². The molecule has 2 heterocycles. The molecule has 0 unspecified atom stereocenters. The lowest BCUT2D eigenvalue weighted by Gasteiger charge is -2.13. The molecule has 2 aromatic heterocycles. The third kappa shape index (κ3) is 6.08. The lowest BCUT2D eigenvalue weighted by molar-refractivity contribution is 0.145. The Morgan fingerprint density at radius 1 is 1.23 bits per heavy atom. The SMILES string of the molecule is CCNC(=NCc1ccc(C)cc1OCCOC)NCc1nc(-c2ccco2)n[nH]1. The zero-order valence-corrected chi connectivity index (χ0v) is 17.6. The summed E-state index contributed by atoms with van der Waals surface area (Å²) in [7, 11) is 1.66. The monoisotopic (exact) mass is 412 g/mol. The Labute approximate surface area is 175 Å². The van der Waals surface area contributed by atoms with Crippen LogP contribution in [0.3, 0.4) is 0 Å². The molecule has 0 radical (unpaired) electrons. The maximum Gasteiger partial charge on any atom is 0.216 e. The number of aryl methyl sites for hydroxylation is 1. The number of H-pyrrole nitrogens is 1. The Bertz CT molecular complexity index is 936. The number of hydrogen-bond acceptors (Lipinski definition) is 6. The molecule has 0 amide bonds. The van der Waals surface area contributed by atoms with E-state index < -0.39 is 0 Å². The van der Waals surface area contributed by atoms with Crippen LogP contribution in [0.4, 0.5) is 0 Å². The molecule has 0 spiro atoms. The van der Waals surface area contributed by atoms with Crippen LogP contribution in [-0.4, -0.2) is 48.0 Å². The van der Waals surface area contributed by atoms with Gasteiger partial charge in [-0.05, 0) is 37.6 Å². The van der Waals surface area contributed by atoms with E-state index in [-0.39, 0.29) is 0 Å². The molecule has 0 fully saturated rings. The molecule has 1 aromatic carbocycles. The molecule has 0 aliphatic heterocycles. The van der Waals surface area contributed by atoms with E-state index in [2.05, 4.69) is 36.9 Å². The third-order valence-electron chi connectivity index (χ3n) is 4.22. The van der Waals surface area contributed by atoms with Gasteiger partial charge in [0, 0.05) is 19.2 Å². The van der Waals surface area contributed by atoms with Crippen molar-refractivity contribution in [3.8, 4) is 17.3 Å². The summed E-state index contributed by atoms with van der Waals surface area (Å²) in [5, 5.41) is 13.6. The first-order chi connectivity index (χ1) is 14.7. The van der Waals surface area contributed by atoms with Crippen molar-refractivity contribution in [2.45, 2.75) is 26.9 Å². The fraction of sp³-hybridized carbons (Fsp3) is 0.381. The molecule has 0 saturated heterocycles. The van der Waals surface area contributed by atoms with Crippen LogP contribution in [0.2, 0.25) is 0 Å². The minimum absolute atomic E-state index is 0.449. The van der Waals surface area contributed by atoms with Crippen molar-refractivity contribution in [3.63, 3.8) is 0 Å². The number of hydrogen-bond donors (Lipinski definition) is 3. The number of nitrogens with one attached hydrogen (secondary N) is 3. The Kier molecular flexibility index (Phi) is 7.85. The lowest BCUT2D eigenvalue weighted by atomic mass is 10.1. The first-order valence-electron chi connectivity index (χ1n) is 9.88. The van der Waals surface area contributed by atoms with Gasteiger partial charge in [-0.15, -0.1) is 5.10 Å². The summed E-state index contributed by atoms with van der Waals surface area (Å²) in [4.78, 5) is 9.11. The first kappa shape index (κ1) is 21.4. The standard InChI is InChI=1S/C21H28N6O3/c1-4-22-21(24-14-19-25-20(27-26-19)17-6-5-9-29-17)23-13-16-8-7-15(2)12-18(16)30-11-10-28-3/h5-9,12H,4,10-11,13-14H2,1-3H3,(H2,22,23,24)(H,25,26,27). The van der Waals surface area contributed by atoms with Gasteiger partial charge in [-0.2, -0.15) is 0 Å². The molecule has 0 atom stereocenters. The van der Waals surface area contributed by atoms with Crippen LogP contribution < -0.4 is 15.4 Å². The van der Waals surface area contributed by atoms with E-state index in [1.807, 2.05) is 32.0 Å². The van der Waals surface area contributed by atoms with Gasteiger partial charge in [0.25, 0.3) is 0 Å². The van der Waals surface area contributed by atoms with Gasteiger partial charge in [0.2, 0.25) is 5.82 Å². The molecule has 3 N–H and O–H groups in total. The molecule has 9 nitrogen and oxygen atoms in total. The summed E-state index contributed by atoms with van der Waals surface area (Å²) in [6.07, 6.45) is 1.60. The molecule has 160 valence electrons. The van der Waals surface area contributed by atoms with Gasteiger partial charge >= 0.3 is 0 Å². The second-order valence-electron chi connectivity index (χ2n) is 6.58. The number of aromatic nitrogens is 3. The van der Waals surface area contributed by atoms with E-state index in [4.69, 9.17) is 13.9 Å². The van der Waals surface area contributed by atoms with E-state index in [0.717, 1.165) is 23.4 Å². The first-order valence-corrected chi connectivity index (χ1v) is 9.88. The molecule has 3 rings (SSSR count). The Morgan fingerprint density at radius 2 is 2.13 bits per heavy atom. The maximum absolute atomic E-state index is 5.85. The average molecular weight is 412 g/mol. The summed E-state index contributed by atoms with van der Waals surface area (Å²) < 4.78 is 16.2. The van der Waals surface area contributed by atoms with Gasteiger partial charge < -0.3 is 24.5 Å². The Morgan fingerprint density at radius 3 is 2.90 bits per heavy atom. The number of benzene rings is 1. The van der Waals surface area contributed by atoms with Gasteiger partial charge in [0.15, 0.2) is 11.7 Å². The number of guanidine groups is 1. The largest absolute Gasteiger partial charge is 0.491 e. The Balaban J connectivity index is 1.63. The number of furan rings is 1. The van der Waals surface area contributed by atoms with Crippen LogP contribution in [0.15, 0.2) is 46.0 Å². The van der Waals surface area contributed by atoms with Crippen molar-refractivity contribution in [1.29, 1.82) is 0 Å². The summed E-state index contributed by atoms with van der Waals surface area (Å²) in [5.74, 6) is 3.34. The van der Waals surface area contributed by atoms with Gasteiger partial charge in [-0.3, -0.25) is 5.10 Å². The molecule has 0 aliphatic rings. The van der Waals surface area contributed by atoms with Crippen LogP contribution in [0.1, 0.15) is 23.9 Å². The van der Waals surface area contributed by atoms with Crippen LogP contribution in [-0.2, 0) is 17.8 Å². The van der Waals surface area contributed by atoms with E-state index in [0.29, 0.717) is 49.7 Å². The lowest BCUT2D eigenvalue weighted by Crippen LogP contribution is -2.37. The highest BCUT2D eigenvalue weighted by molar-refractivity contribution is 5.79. The summed E-state index contributed by atoms with van der Waals surface area (Å²) >= 11 is 0. The zero-order chi connectivity index (χ0) is 21.2. The van der Waals surface area contributed by atoms with Gasteiger partial charge in [-0.1, -0.05) is 12.1 Å². The minimum atomic E-state index is 0.449. The van der Waals surface area contributed by atoms with Crippen LogP contribution in [0.25, 0.3) is 11.6 Å². The minimum Gasteiger partial charge on any atom is -0.491 e. The van der Waals surface area contributed by atoms with Crippen molar-refractivity contribution < 1.29 is 13.9 Å². The molecule has 0 saturated carbocycles. The smallest absolute Gasteiger partial charge is 0.216 e. The highest BCUT2D eigenvalue weighted by atomic mass is 16.5. The third-order valence-corrected chi connectivity index (χ3v) is 4.22. The van der Waals surface area contributed by atoms with Crippen molar-refractivity contribution in [2.75, 3.05) is 26.9 Å². The van der Waals surface area contributed by atoms with Crippen LogP contribution in [0, 0.1) is 6.92 Å². The van der Waals surface area contributed by atoms with Crippen molar-refractivity contribution in [1.82, 2.24) is 25.8 Å². The quantitative estimate of drug-likeness (QED) is 0.267. The molecule has 0 aliphatic carbocycles. The van der Waals surface area contributed by atoms with E-state index in [1.165, 1.54) is 0 Å². The van der Waals surface area contributed by atoms with E-state index >= 15 is 0 Å². The van der Waals surface area contributed by atoms with Gasteiger partial charge in [0.1, 0.15) is 18.2 Å². The Hall–Kier alpha value is -3.33. The number of nitrogens with zero attached hydrogens (tertiary/aromatic N) is 3. The number of ether oxygens (including phenoxy) is 2. The predicted octanol–water partition coefficient (Wildman–Crippen LogP) is 2.65. The van der Waals surface area contributed by atoms with Crippen molar-refractivity contribution >= 4 is 5.96 Å². The van der Waals surface area contributed by atoms with Gasteiger partial charge in [0.05, 0.1) is 26.0 Å². The van der Waals surface area contributed by atoms with Crippen LogP contribution >= 0.6 is 0 Å². The topological polar surface area (TPSA) is 110 Å². The van der Waals surface area contributed by atoms with Crippen LogP contribution in [0.5, 0.6) is 5.75 Å². The molecule has 0 bridgehead atoms. The van der Waals surface area contributed by atoms with Crippen molar-refractivity contribution in [3.05, 3.63) is 53.5 Å². The molecule has 3 aromatic rings. The fourth-order valence-corrected chi connectivity index (χ4v) is 2.73. The van der Waals surface area contributed by atoms with Gasteiger partial charge in [-0.25, -0.2) is 9.98 Å². The molecule has 30 heavy (non-hydrogen) atoms. The normalized spacial score (nSPS) is 11.5. The molecular weight excluding hydrogens is 384 g/mol. The second kappa shape index (κ2) is 11.0. The van der Waals surface area contributed by atoms with E-state index in [1.54, 1.807) is 19.4 Å². The number of aliphatic imine (C=N–C) groups is 1. The molecular formula is C21H28N6O3. The zero-order valence-electron chi connectivity index (χ0n) is 17.6. The second-order valence-corrected chi connectivity index (χ2v) is 6.58. The predicted molar refractivity (Wildman–Crippen MR) is 114 cm³/mol. The molecule has 9 heteroatoms. The highest BCUT2D eigenvalue weighted by Crippen LogP contribution is 2.21. The average Bonchev–Trinajstić information content (AvgIpc) is 3.43. The summed E-state index contributed by atoms with van der Waals surface area (Å²) in [6.45, 7) is 6.76.